The first-order chi connectivity index (χ1) is 9.74. The summed E-state index contributed by atoms with van der Waals surface area (Å²) in [6.07, 6.45) is 7.07. The van der Waals surface area contributed by atoms with Crippen LogP contribution in [0.1, 0.15) is 37.3 Å². The van der Waals surface area contributed by atoms with E-state index < -0.39 is 6.16 Å². The molecule has 0 amide bonds. The van der Waals surface area contributed by atoms with Gasteiger partial charge in [0, 0.05) is 5.56 Å². The molecule has 20 heavy (non-hydrogen) atoms. The molecule has 0 bridgehead atoms. The molecule has 1 unspecified atom stereocenters. The van der Waals surface area contributed by atoms with E-state index >= 15 is 0 Å². The SMILES string of the molecule is CC1=C(OC(=O)OC2C=CCCC2)c2ccccc2C1. The Morgan fingerprint density at radius 2 is 2.15 bits per heavy atom. The molecule has 0 saturated heterocycles. The third kappa shape index (κ3) is 2.62. The van der Waals surface area contributed by atoms with Crippen molar-refractivity contribution < 1.29 is 14.3 Å². The van der Waals surface area contributed by atoms with E-state index in [0.29, 0.717) is 5.76 Å². The molecular weight excluding hydrogens is 252 g/mol. The van der Waals surface area contributed by atoms with E-state index in [0.717, 1.165) is 36.8 Å². The predicted octanol–water partition coefficient (Wildman–Crippen LogP) is 4.24. The van der Waals surface area contributed by atoms with Crippen LogP contribution in [0.2, 0.25) is 0 Å². The van der Waals surface area contributed by atoms with Crippen LogP contribution in [0.25, 0.3) is 5.76 Å². The first kappa shape index (κ1) is 13.0. The van der Waals surface area contributed by atoms with Crippen molar-refractivity contribution in [1.29, 1.82) is 0 Å². The minimum absolute atomic E-state index is 0.145. The zero-order chi connectivity index (χ0) is 13.9. The van der Waals surface area contributed by atoms with Crippen molar-refractivity contribution in [1.82, 2.24) is 0 Å². The summed E-state index contributed by atoms with van der Waals surface area (Å²) >= 11 is 0. The average Bonchev–Trinajstić information content (AvgIpc) is 2.76. The summed E-state index contributed by atoms with van der Waals surface area (Å²) in [6.45, 7) is 1.99. The molecule has 0 fully saturated rings. The smallest absolute Gasteiger partial charge is 0.426 e. The molecule has 1 atom stereocenters. The summed E-state index contributed by atoms with van der Waals surface area (Å²) < 4.78 is 10.8. The van der Waals surface area contributed by atoms with Gasteiger partial charge in [0.15, 0.2) is 0 Å². The first-order valence-corrected chi connectivity index (χ1v) is 7.07. The Kier molecular flexibility index (Phi) is 3.59. The van der Waals surface area contributed by atoms with Gasteiger partial charge in [-0.3, -0.25) is 0 Å². The Morgan fingerprint density at radius 3 is 2.95 bits per heavy atom. The number of rotatable bonds is 2. The molecule has 0 radical (unpaired) electrons. The molecule has 0 heterocycles. The van der Waals surface area contributed by atoms with Crippen molar-refractivity contribution in [3.05, 3.63) is 53.1 Å². The monoisotopic (exact) mass is 270 g/mol. The standard InChI is InChI=1S/C17H18O3/c1-12-11-13-7-5-6-10-15(13)16(12)20-17(18)19-14-8-3-2-4-9-14/h3,5-8,10,14H,2,4,9,11H2,1H3. The van der Waals surface area contributed by atoms with Gasteiger partial charge in [-0.1, -0.05) is 30.3 Å². The second kappa shape index (κ2) is 5.53. The van der Waals surface area contributed by atoms with E-state index in [1.807, 2.05) is 31.2 Å². The van der Waals surface area contributed by atoms with Gasteiger partial charge in [0.2, 0.25) is 0 Å². The molecule has 1 aromatic rings. The van der Waals surface area contributed by atoms with Crippen molar-refractivity contribution in [2.24, 2.45) is 0 Å². The Morgan fingerprint density at radius 1 is 1.30 bits per heavy atom. The maximum Gasteiger partial charge on any atom is 0.514 e. The van der Waals surface area contributed by atoms with Crippen molar-refractivity contribution in [3.8, 4) is 0 Å². The highest BCUT2D eigenvalue weighted by Gasteiger charge is 2.24. The fraction of sp³-hybridized carbons (Fsp3) is 0.353. The van der Waals surface area contributed by atoms with E-state index in [2.05, 4.69) is 12.1 Å². The van der Waals surface area contributed by atoms with Gasteiger partial charge in [0.05, 0.1) is 0 Å². The Balaban J connectivity index is 1.68. The van der Waals surface area contributed by atoms with Gasteiger partial charge >= 0.3 is 6.16 Å². The quantitative estimate of drug-likeness (QED) is 0.595. The highest BCUT2D eigenvalue weighted by atomic mass is 16.7. The lowest BCUT2D eigenvalue weighted by atomic mass is 10.1. The van der Waals surface area contributed by atoms with Crippen molar-refractivity contribution in [3.63, 3.8) is 0 Å². The lowest BCUT2D eigenvalue weighted by Crippen LogP contribution is -2.18. The van der Waals surface area contributed by atoms with Crippen LogP contribution in [0, 0.1) is 0 Å². The predicted molar refractivity (Wildman–Crippen MR) is 77.1 cm³/mol. The largest absolute Gasteiger partial charge is 0.514 e. The summed E-state index contributed by atoms with van der Waals surface area (Å²) in [5, 5.41) is 0. The number of carbonyl (C=O) groups excluding carboxylic acids is 1. The molecule has 0 aromatic heterocycles. The zero-order valence-electron chi connectivity index (χ0n) is 11.6. The Bertz CT molecular complexity index is 584. The molecule has 2 aliphatic carbocycles. The van der Waals surface area contributed by atoms with Gasteiger partial charge in [0.25, 0.3) is 0 Å². The highest BCUT2D eigenvalue weighted by molar-refractivity contribution is 5.79. The van der Waals surface area contributed by atoms with Crippen molar-refractivity contribution >= 4 is 11.9 Å². The van der Waals surface area contributed by atoms with Crippen LogP contribution in [0.15, 0.2) is 42.0 Å². The van der Waals surface area contributed by atoms with Crippen LogP contribution in [0.5, 0.6) is 0 Å². The highest BCUT2D eigenvalue weighted by Crippen LogP contribution is 2.33. The fourth-order valence-electron chi connectivity index (χ4n) is 2.74. The summed E-state index contributed by atoms with van der Waals surface area (Å²) in [5.74, 6) is 0.658. The molecule has 3 heteroatoms. The van der Waals surface area contributed by atoms with Crippen molar-refractivity contribution in [2.45, 2.75) is 38.7 Å². The number of benzene rings is 1. The van der Waals surface area contributed by atoms with Crippen LogP contribution in [0.3, 0.4) is 0 Å². The maximum atomic E-state index is 11.9. The molecule has 3 rings (SSSR count). The average molecular weight is 270 g/mol. The summed E-state index contributed by atoms with van der Waals surface area (Å²) in [4.78, 5) is 11.9. The number of allylic oxidation sites excluding steroid dienone is 2. The second-order valence-corrected chi connectivity index (χ2v) is 5.31. The molecular formula is C17H18O3. The normalized spacial score (nSPS) is 20.8. The van der Waals surface area contributed by atoms with E-state index in [1.54, 1.807) is 0 Å². The Labute approximate surface area is 118 Å². The van der Waals surface area contributed by atoms with E-state index in [4.69, 9.17) is 9.47 Å². The Hall–Kier alpha value is -2.03. The zero-order valence-corrected chi connectivity index (χ0v) is 11.6. The minimum Gasteiger partial charge on any atom is -0.426 e. The maximum absolute atomic E-state index is 11.9. The molecule has 0 N–H and O–H groups in total. The molecule has 3 nitrogen and oxygen atoms in total. The molecule has 0 spiro atoms. The van der Waals surface area contributed by atoms with Crippen LogP contribution < -0.4 is 0 Å². The van der Waals surface area contributed by atoms with Gasteiger partial charge < -0.3 is 9.47 Å². The molecule has 1 aromatic carbocycles. The van der Waals surface area contributed by atoms with E-state index in [-0.39, 0.29) is 6.10 Å². The molecule has 2 aliphatic rings. The fourth-order valence-corrected chi connectivity index (χ4v) is 2.74. The minimum atomic E-state index is -0.604. The van der Waals surface area contributed by atoms with Gasteiger partial charge in [-0.2, -0.15) is 0 Å². The van der Waals surface area contributed by atoms with Gasteiger partial charge in [-0.15, -0.1) is 0 Å². The number of hydrogen-bond donors (Lipinski definition) is 0. The number of hydrogen-bond acceptors (Lipinski definition) is 3. The van der Waals surface area contributed by atoms with Gasteiger partial charge in [-0.05, 0) is 49.8 Å². The first-order valence-electron chi connectivity index (χ1n) is 7.07. The number of ether oxygens (including phenoxy) is 2. The summed E-state index contributed by atoms with van der Waals surface area (Å²) in [7, 11) is 0. The third-order valence-electron chi connectivity index (χ3n) is 3.75. The summed E-state index contributed by atoms with van der Waals surface area (Å²) in [6, 6.07) is 8.00. The lowest BCUT2D eigenvalue weighted by Gasteiger charge is -2.17. The molecule has 0 aliphatic heterocycles. The second-order valence-electron chi connectivity index (χ2n) is 5.31. The van der Waals surface area contributed by atoms with Crippen LogP contribution in [-0.2, 0) is 15.9 Å². The third-order valence-corrected chi connectivity index (χ3v) is 3.75. The molecule has 0 saturated carbocycles. The number of fused-ring (bicyclic) bond motifs is 1. The summed E-state index contributed by atoms with van der Waals surface area (Å²) in [5.41, 5.74) is 3.27. The van der Waals surface area contributed by atoms with Gasteiger partial charge in [-0.25, -0.2) is 4.79 Å². The number of carbonyl (C=O) groups is 1. The lowest BCUT2D eigenvalue weighted by molar-refractivity contribution is 0.0632. The van der Waals surface area contributed by atoms with Crippen molar-refractivity contribution in [2.75, 3.05) is 0 Å². The van der Waals surface area contributed by atoms with Crippen LogP contribution in [-0.4, -0.2) is 12.3 Å². The topological polar surface area (TPSA) is 35.5 Å². The van der Waals surface area contributed by atoms with E-state index in [1.165, 1.54) is 5.56 Å². The van der Waals surface area contributed by atoms with Crippen LogP contribution >= 0.6 is 0 Å². The molecule has 104 valence electrons. The van der Waals surface area contributed by atoms with Gasteiger partial charge in [0.1, 0.15) is 11.9 Å². The van der Waals surface area contributed by atoms with E-state index in [9.17, 15) is 4.79 Å². The van der Waals surface area contributed by atoms with Crippen LogP contribution in [0.4, 0.5) is 4.79 Å².